The first-order chi connectivity index (χ1) is 21.0. The van der Waals surface area contributed by atoms with Gasteiger partial charge in [0.05, 0.1) is 17.2 Å². The van der Waals surface area contributed by atoms with Crippen molar-refractivity contribution in [3.63, 3.8) is 0 Å². The monoisotopic (exact) mass is 666 g/mol. The molecule has 3 aliphatic rings. The minimum absolute atomic E-state index is 0.00793. The van der Waals surface area contributed by atoms with E-state index in [2.05, 4.69) is 71.1 Å². The maximum absolute atomic E-state index is 13.9. The third-order valence-electron chi connectivity index (χ3n) is 8.72. The second kappa shape index (κ2) is 12.7. The van der Waals surface area contributed by atoms with Gasteiger partial charge in [0.2, 0.25) is 0 Å². The molecule has 2 saturated carbocycles. The van der Waals surface area contributed by atoms with Gasteiger partial charge in [0.25, 0.3) is 0 Å². The first-order valence-corrected chi connectivity index (χ1v) is 26.4. The molecule has 3 aliphatic carbocycles. The molecule has 0 N–H and O–H groups in total. The summed E-state index contributed by atoms with van der Waals surface area (Å²) in [4.78, 5) is 27.4. The number of allylic oxidation sites excluding steroid dienone is 2. The molecule has 2 aromatic carbocycles. The van der Waals surface area contributed by atoms with E-state index in [1.807, 2.05) is 36.4 Å². The van der Waals surface area contributed by atoms with E-state index in [4.69, 9.17) is 22.8 Å². The first kappa shape index (κ1) is 34.0. The minimum Gasteiger partial charge on any atom is -0.459 e. The minimum atomic E-state index is -2.38. The quantitative estimate of drug-likeness (QED) is 0.139. The Bertz CT molecular complexity index is 1380. The molecule has 4 unspecified atom stereocenters. The number of hydrogen-bond donors (Lipinski definition) is 0. The lowest BCUT2D eigenvalue weighted by atomic mass is 9.62. The second-order valence-corrected chi connectivity index (χ2v) is 29.1. The molecule has 0 amide bonds. The van der Waals surface area contributed by atoms with Crippen LogP contribution in [-0.2, 0) is 22.8 Å². The van der Waals surface area contributed by atoms with E-state index < -0.39 is 54.8 Å². The van der Waals surface area contributed by atoms with Crippen molar-refractivity contribution in [1.29, 1.82) is 0 Å². The van der Waals surface area contributed by atoms with Gasteiger partial charge in [-0.2, -0.15) is 0 Å². The average molecular weight is 667 g/mol. The van der Waals surface area contributed by atoms with Crippen LogP contribution in [0.3, 0.4) is 0 Å². The molecule has 8 atom stereocenters. The molecule has 0 spiro atoms. The van der Waals surface area contributed by atoms with Crippen LogP contribution in [0, 0.1) is 23.7 Å². The van der Waals surface area contributed by atoms with Gasteiger partial charge in [0.15, 0.2) is 25.0 Å². The van der Waals surface area contributed by atoms with Crippen LogP contribution in [0.2, 0.25) is 58.9 Å². The van der Waals surface area contributed by atoms with Crippen molar-refractivity contribution in [3.8, 4) is 0 Å². The Hall–Kier alpha value is -2.35. The van der Waals surface area contributed by atoms with Gasteiger partial charge < -0.3 is 22.8 Å². The number of esters is 2. The van der Waals surface area contributed by atoms with E-state index in [0.29, 0.717) is 11.1 Å². The second-order valence-electron chi connectivity index (χ2n) is 15.8. The predicted molar refractivity (Wildman–Crippen MR) is 184 cm³/mol. The summed E-state index contributed by atoms with van der Waals surface area (Å²) in [6.45, 7) is 19.3. The van der Waals surface area contributed by atoms with Crippen molar-refractivity contribution in [3.05, 3.63) is 83.9 Å². The number of carbonyl (C=O) groups excluding carboxylic acids is 2. The molecular weight excluding hydrogens is 617 g/mol. The van der Waals surface area contributed by atoms with Crippen LogP contribution in [0.4, 0.5) is 0 Å². The molecule has 0 aliphatic heterocycles. The number of hydrogen-bond acceptors (Lipinski definition) is 7. The lowest BCUT2D eigenvalue weighted by molar-refractivity contribution is -0.234. The number of rotatable bonds is 11. The Labute approximate surface area is 272 Å². The molecule has 244 valence electrons. The van der Waals surface area contributed by atoms with Gasteiger partial charge in [-0.1, -0.05) is 48.6 Å². The van der Waals surface area contributed by atoms with Crippen molar-refractivity contribution in [1.82, 2.24) is 0 Å². The molecular formula is C35H50O7Si3. The SMILES string of the molecule is C[Si](C)(C)OC1C2C(C(OC(=O)c3ccccc3)[C@H](O[Si](C)(C)C)[C@]1(COC(=O)c1ccccc1)O[Si](C)(C)C)[C@@H]1C=C[C@H]2C1. The zero-order valence-electron chi connectivity index (χ0n) is 28.2. The standard InChI is InChI=1S/C35H50O7Si3/c1-43(2,3)40-31-29-27-21-20-26(22-27)28(29)30(39-34(37)25-18-14-11-15-19-25)32(41-44(4,5)6)35(31,42-45(7,8)9)23-38-33(36)24-16-12-10-13-17-24/h10-21,26-32H,22-23H2,1-9H3/t26-,27+,28?,29?,30?,31?,32+,35-/m1/s1. The zero-order chi connectivity index (χ0) is 32.8. The summed E-state index contributed by atoms with van der Waals surface area (Å²) in [5.41, 5.74) is -0.238. The van der Waals surface area contributed by atoms with Crippen molar-refractivity contribution in [2.75, 3.05) is 6.61 Å². The van der Waals surface area contributed by atoms with Crippen molar-refractivity contribution < 1.29 is 32.3 Å². The van der Waals surface area contributed by atoms with E-state index in [1.165, 1.54) is 0 Å². The smallest absolute Gasteiger partial charge is 0.338 e. The number of fused-ring (bicyclic) bond motifs is 5. The number of ether oxygens (including phenoxy) is 2. The first-order valence-electron chi connectivity index (χ1n) is 16.2. The summed E-state index contributed by atoms with van der Waals surface area (Å²) in [5, 5.41) is 0. The van der Waals surface area contributed by atoms with Gasteiger partial charge in [-0.15, -0.1) is 0 Å². The molecule has 0 heterocycles. The van der Waals surface area contributed by atoms with Crippen LogP contribution in [0.5, 0.6) is 0 Å². The summed E-state index contributed by atoms with van der Waals surface area (Å²) >= 11 is 0. The summed E-state index contributed by atoms with van der Waals surface area (Å²) in [5.74, 6) is -0.358. The van der Waals surface area contributed by atoms with E-state index in [0.717, 1.165) is 6.42 Å². The summed E-state index contributed by atoms with van der Waals surface area (Å²) < 4.78 is 34.6. The molecule has 0 aromatic heterocycles. The van der Waals surface area contributed by atoms with Crippen LogP contribution in [0.25, 0.3) is 0 Å². The molecule has 10 heteroatoms. The van der Waals surface area contributed by atoms with Crippen LogP contribution in [0.15, 0.2) is 72.8 Å². The maximum Gasteiger partial charge on any atom is 0.338 e. The van der Waals surface area contributed by atoms with Crippen molar-refractivity contribution in [2.24, 2.45) is 23.7 Å². The van der Waals surface area contributed by atoms with E-state index >= 15 is 0 Å². The Balaban J connectivity index is 1.69. The van der Waals surface area contributed by atoms with Gasteiger partial charge in [-0.25, -0.2) is 9.59 Å². The third kappa shape index (κ3) is 7.63. The normalized spacial score (nSPS) is 31.0. The molecule has 5 rings (SSSR count). The van der Waals surface area contributed by atoms with E-state index in [9.17, 15) is 9.59 Å². The van der Waals surface area contributed by atoms with Gasteiger partial charge in [-0.05, 0) is 101 Å². The van der Waals surface area contributed by atoms with Crippen LogP contribution >= 0.6 is 0 Å². The lowest BCUT2D eigenvalue weighted by Gasteiger charge is -2.60. The number of benzene rings is 2. The molecule has 2 fully saturated rings. The maximum atomic E-state index is 13.9. The topological polar surface area (TPSA) is 80.3 Å². The number of carbonyl (C=O) groups is 2. The van der Waals surface area contributed by atoms with Gasteiger partial charge in [-0.3, -0.25) is 0 Å². The van der Waals surface area contributed by atoms with Gasteiger partial charge >= 0.3 is 11.9 Å². The Morgan fingerprint density at radius 2 is 1.16 bits per heavy atom. The fraction of sp³-hybridized carbons (Fsp3) is 0.543. The third-order valence-corrected chi connectivity index (χ3v) is 11.6. The summed E-state index contributed by atoms with van der Waals surface area (Å²) in [7, 11) is -6.89. The highest BCUT2D eigenvalue weighted by Gasteiger charge is 2.69. The van der Waals surface area contributed by atoms with Crippen molar-refractivity contribution >= 4 is 36.9 Å². The average Bonchev–Trinajstić information content (AvgIpc) is 3.57. The highest BCUT2D eigenvalue weighted by atomic mass is 28.4. The van der Waals surface area contributed by atoms with E-state index in [-0.39, 0.29) is 36.2 Å². The van der Waals surface area contributed by atoms with Crippen molar-refractivity contribution in [2.45, 2.75) is 89.3 Å². The zero-order valence-corrected chi connectivity index (χ0v) is 31.2. The Morgan fingerprint density at radius 3 is 1.67 bits per heavy atom. The highest BCUT2D eigenvalue weighted by molar-refractivity contribution is 6.70. The van der Waals surface area contributed by atoms with Gasteiger partial charge in [0.1, 0.15) is 24.4 Å². The predicted octanol–water partition coefficient (Wildman–Crippen LogP) is 7.55. The summed E-state index contributed by atoms with van der Waals surface area (Å²) in [6, 6.07) is 18.2. The molecule has 0 radical (unpaired) electrons. The fourth-order valence-corrected chi connectivity index (χ4v) is 11.1. The molecule has 0 saturated heterocycles. The van der Waals surface area contributed by atoms with Gasteiger partial charge in [0, 0.05) is 11.8 Å². The largest absolute Gasteiger partial charge is 0.459 e. The van der Waals surface area contributed by atoms with Crippen LogP contribution in [0.1, 0.15) is 27.1 Å². The van der Waals surface area contributed by atoms with Crippen LogP contribution < -0.4 is 0 Å². The Kier molecular flexibility index (Phi) is 9.59. The van der Waals surface area contributed by atoms with E-state index in [1.54, 1.807) is 24.3 Å². The fourth-order valence-electron chi connectivity index (χ4n) is 7.48. The summed E-state index contributed by atoms with van der Waals surface area (Å²) in [6.07, 6.45) is 3.81. The van der Waals surface area contributed by atoms with Crippen LogP contribution in [-0.4, -0.2) is 67.4 Å². The molecule has 7 nitrogen and oxygen atoms in total. The lowest BCUT2D eigenvalue weighted by Crippen LogP contribution is -2.75. The Morgan fingerprint density at radius 1 is 0.667 bits per heavy atom. The molecule has 2 aromatic rings. The molecule has 2 bridgehead atoms. The molecule has 45 heavy (non-hydrogen) atoms. The highest BCUT2D eigenvalue weighted by Crippen LogP contribution is 2.60.